The van der Waals surface area contributed by atoms with Crippen molar-refractivity contribution in [1.82, 2.24) is 0 Å². The maximum Gasteiger partial charge on any atom is 0.306 e. The van der Waals surface area contributed by atoms with E-state index in [0.29, 0.717) is 41.3 Å². The molecule has 196 valence electrons. The fraction of sp³-hybridized carbons (Fsp3) is 0.219. The molecule has 2 amide bonds. The molecule has 6 rings (SSSR count). The first-order chi connectivity index (χ1) is 19.1. The minimum atomic E-state index is -0.580. The van der Waals surface area contributed by atoms with Crippen molar-refractivity contribution in [2.24, 2.45) is 0 Å². The van der Waals surface area contributed by atoms with E-state index in [9.17, 15) is 14.4 Å². The summed E-state index contributed by atoms with van der Waals surface area (Å²) in [6.07, 6.45) is 2.22. The van der Waals surface area contributed by atoms with Crippen LogP contribution in [-0.4, -0.2) is 30.4 Å². The van der Waals surface area contributed by atoms with Crippen molar-refractivity contribution in [3.05, 3.63) is 120 Å². The number of furan rings is 1. The van der Waals surface area contributed by atoms with Gasteiger partial charge in [0.15, 0.2) is 0 Å². The van der Waals surface area contributed by atoms with Crippen molar-refractivity contribution >= 4 is 29.2 Å². The molecule has 3 unspecified atom stereocenters. The first kappa shape index (κ1) is 24.7. The van der Waals surface area contributed by atoms with E-state index < -0.39 is 12.1 Å². The molecule has 4 aromatic rings. The van der Waals surface area contributed by atoms with E-state index in [0.717, 1.165) is 5.56 Å². The number of rotatable bonds is 5. The van der Waals surface area contributed by atoms with Gasteiger partial charge >= 0.3 is 5.97 Å². The molecule has 0 bridgehead atoms. The number of carbonyl (C=O) groups excluding carboxylic acids is 3. The Hall–Kier alpha value is -4.65. The zero-order valence-electron chi connectivity index (χ0n) is 21.5. The summed E-state index contributed by atoms with van der Waals surface area (Å²) in [4.78, 5) is 44.4. The first-order valence-electron chi connectivity index (χ1n) is 13.2. The van der Waals surface area contributed by atoms with Crippen LogP contribution in [0.15, 0.2) is 102 Å². The van der Waals surface area contributed by atoms with Crippen LogP contribution in [0.5, 0.6) is 0 Å². The Morgan fingerprint density at radius 3 is 1.97 bits per heavy atom. The van der Waals surface area contributed by atoms with Crippen LogP contribution in [0.25, 0.3) is 0 Å². The van der Waals surface area contributed by atoms with E-state index in [1.54, 1.807) is 47.3 Å². The Bertz CT molecular complexity index is 1510. The van der Waals surface area contributed by atoms with Crippen molar-refractivity contribution in [2.75, 3.05) is 16.4 Å². The zero-order chi connectivity index (χ0) is 26.9. The third kappa shape index (κ3) is 4.30. The number of ether oxygens (including phenoxy) is 1. The number of anilines is 2. The maximum atomic E-state index is 14.1. The van der Waals surface area contributed by atoms with Crippen molar-refractivity contribution < 1.29 is 23.5 Å². The molecule has 3 aromatic carbocycles. The van der Waals surface area contributed by atoms with Gasteiger partial charge in [0.1, 0.15) is 11.8 Å². The summed E-state index contributed by atoms with van der Waals surface area (Å²) in [5.74, 6) is -0.303. The number of nitrogens with zero attached hydrogens (tertiary/aromatic N) is 2. The summed E-state index contributed by atoms with van der Waals surface area (Å²) in [6, 6.07) is 26.5. The van der Waals surface area contributed by atoms with Gasteiger partial charge in [0.25, 0.3) is 11.8 Å². The van der Waals surface area contributed by atoms with Crippen molar-refractivity contribution in [3.8, 4) is 0 Å². The van der Waals surface area contributed by atoms with Gasteiger partial charge in [-0.05, 0) is 67.3 Å². The average Bonchev–Trinajstić information content (AvgIpc) is 3.47. The highest BCUT2D eigenvalue weighted by atomic mass is 16.5. The van der Waals surface area contributed by atoms with Gasteiger partial charge < -0.3 is 14.1 Å². The van der Waals surface area contributed by atoms with Crippen LogP contribution in [0.3, 0.4) is 0 Å². The molecule has 0 N–H and O–H groups in total. The Morgan fingerprint density at radius 1 is 0.795 bits per heavy atom. The molecule has 0 radical (unpaired) electrons. The summed E-state index contributed by atoms with van der Waals surface area (Å²) in [5, 5.41) is 0. The van der Waals surface area contributed by atoms with Crippen molar-refractivity contribution in [3.63, 3.8) is 0 Å². The molecule has 7 nitrogen and oxygen atoms in total. The molecular formula is C32H28N2O5. The van der Waals surface area contributed by atoms with Crippen LogP contribution in [0.1, 0.15) is 63.8 Å². The number of para-hydroxylation sites is 2. The van der Waals surface area contributed by atoms with Gasteiger partial charge in [-0.25, -0.2) is 0 Å². The number of hydrogen-bond donors (Lipinski definition) is 0. The number of esters is 1. The Morgan fingerprint density at radius 2 is 1.36 bits per heavy atom. The van der Waals surface area contributed by atoms with E-state index in [2.05, 4.69) is 0 Å². The molecule has 2 heterocycles. The monoisotopic (exact) mass is 520 g/mol. The minimum absolute atomic E-state index is 0.158. The highest BCUT2D eigenvalue weighted by Gasteiger charge is 2.51. The van der Waals surface area contributed by atoms with E-state index >= 15 is 0 Å². The SMILES string of the molecule is CCOC(=O)CC1CC2C(c3occc31)N(C(=O)c1ccccc1)c1ccccc1N2C(=O)c1ccccc1. The maximum absolute atomic E-state index is 14.1. The Labute approximate surface area is 226 Å². The number of fused-ring (bicyclic) bond motifs is 4. The molecule has 1 aliphatic carbocycles. The standard InChI is InChI=1S/C32H28N2O5/c1-2-38-28(35)20-23-19-27-29(30-24(23)17-18-39-30)34(32(37)22-13-7-4-8-14-22)26-16-10-9-15-25(26)33(27)31(36)21-11-5-3-6-12-21/h3-18,23,27,29H,2,19-20H2,1H3. The van der Waals surface area contributed by atoms with E-state index in [4.69, 9.17) is 9.15 Å². The number of benzene rings is 3. The van der Waals surface area contributed by atoms with Crippen molar-refractivity contribution in [2.45, 2.75) is 37.8 Å². The van der Waals surface area contributed by atoms with Gasteiger partial charge in [-0.2, -0.15) is 0 Å². The van der Waals surface area contributed by atoms with E-state index in [1.165, 1.54) is 0 Å². The highest BCUT2D eigenvalue weighted by molar-refractivity contribution is 6.14. The van der Waals surface area contributed by atoms with Gasteiger partial charge in [0.2, 0.25) is 0 Å². The second-order valence-corrected chi connectivity index (χ2v) is 9.77. The van der Waals surface area contributed by atoms with Gasteiger partial charge in [0.05, 0.1) is 36.7 Å². The molecule has 7 heteroatoms. The molecule has 0 saturated heterocycles. The van der Waals surface area contributed by atoms with Crippen LogP contribution in [0.4, 0.5) is 11.4 Å². The predicted octanol–water partition coefficient (Wildman–Crippen LogP) is 6.14. The summed E-state index contributed by atoms with van der Waals surface area (Å²) in [7, 11) is 0. The lowest BCUT2D eigenvalue weighted by molar-refractivity contribution is -0.143. The van der Waals surface area contributed by atoms with Gasteiger partial charge in [-0.15, -0.1) is 0 Å². The minimum Gasteiger partial charge on any atom is -0.467 e. The third-order valence-corrected chi connectivity index (χ3v) is 7.53. The number of carbonyl (C=O) groups is 3. The molecule has 0 spiro atoms. The van der Waals surface area contributed by atoms with Gasteiger partial charge in [-0.1, -0.05) is 48.5 Å². The van der Waals surface area contributed by atoms with E-state index in [1.807, 2.05) is 66.7 Å². The number of hydrogen-bond acceptors (Lipinski definition) is 5. The van der Waals surface area contributed by atoms with Crippen LogP contribution in [0.2, 0.25) is 0 Å². The Kier molecular flexibility index (Phi) is 6.49. The quantitative estimate of drug-likeness (QED) is 0.296. The molecule has 39 heavy (non-hydrogen) atoms. The summed E-state index contributed by atoms with van der Waals surface area (Å²) >= 11 is 0. The fourth-order valence-electron chi connectivity index (χ4n) is 5.92. The van der Waals surface area contributed by atoms with Gasteiger partial charge in [-0.3, -0.25) is 19.3 Å². The predicted molar refractivity (Wildman–Crippen MR) is 147 cm³/mol. The summed E-state index contributed by atoms with van der Waals surface area (Å²) in [5.41, 5.74) is 3.21. The van der Waals surface area contributed by atoms with Crippen LogP contribution < -0.4 is 9.80 Å². The lowest BCUT2D eigenvalue weighted by Gasteiger charge is -2.50. The number of amides is 2. The zero-order valence-corrected chi connectivity index (χ0v) is 21.5. The summed E-state index contributed by atoms with van der Waals surface area (Å²) < 4.78 is 11.4. The molecule has 1 aromatic heterocycles. The second-order valence-electron chi connectivity index (χ2n) is 9.77. The van der Waals surface area contributed by atoms with E-state index in [-0.39, 0.29) is 30.1 Å². The molecule has 3 atom stereocenters. The Balaban J connectivity index is 1.54. The van der Waals surface area contributed by atoms with Crippen LogP contribution in [-0.2, 0) is 9.53 Å². The fourth-order valence-corrected chi connectivity index (χ4v) is 5.92. The lowest BCUT2D eigenvalue weighted by Crippen LogP contribution is -2.57. The second kappa shape index (κ2) is 10.3. The average molecular weight is 521 g/mol. The molecule has 0 fully saturated rings. The van der Waals surface area contributed by atoms with Crippen molar-refractivity contribution in [1.29, 1.82) is 0 Å². The topological polar surface area (TPSA) is 80.1 Å². The van der Waals surface area contributed by atoms with Crippen LogP contribution >= 0.6 is 0 Å². The first-order valence-corrected chi connectivity index (χ1v) is 13.2. The smallest absolute Gasteiger partial charge is 0.306 e. The molecule has 0 saturated carbocycles. The highest BCUT2D eigenvalue weighted by Crippen LogP contribution is 2.53. The van der Waals surface area contributed by atoms with Gasteiger partial charge in [0, 0.05) is 11.1 Å². The lowest BCUT2D eigenvalue weighted by atomic mass is 9.76. The molecule has 1 aliphatic heterocycles. The van der Waals surface area contributed by atoms with Crippen LogP contribution in [0, 0.1) is 0 Å². The normalized spacial score (nSPS) is 19.5. The summed E-state index contributed by atoms with van der Waals surface area (Å²) in [6.45, 7) is 2.07. The molecular weight excluding hydrogens is 492 g/mol. The largest absolute Gasteiger partial charge is 0.467 e. The third-order valence-electron chi connectivity index (χ3n) is 7.53. The molecule has 2 aliphatic rings.